The Balaban J connectivity index is 1.35. The van der Waals surface area contributed by atoms with Gasteiger partial charge in [-0.2, -0.15) is 0 Å². The second-order valence-electron chi connectivity index (χ2n) is 6.62. The molecule has 8 nitrogen and oxygen atoms in total. The second kappa shape index (κ2) is 8.69. The van der Waals surface area contributed by atoms with Gasteiger partial charge in [-0.3, -0.25) is 4.79 Å². The first-order valence-corrected chi connectivity index (χ1v) is 9.42. The van der Waals surface area contributed by atoms with Crippen LogP contribution in [0.25, 0.3) is 11.3 Å². The van der Waals surface area contributed by atoms with E-state index < -0.39 is 6.10 Å². The molecule has 0 radical (unpaired) electrons. The zero-order valence-corrected chi connectivity index (χ0v) is 16.6. The summed E-state index contributed by atoms with van der Waals surface area (Å²) in [6.45, 7) is 2.13. The standard InChI is InChI=1S/C22H21N3O5/c1-14(30-18-7-8-20-21(10-18)29-13-28-20)22(26)23-11-16-9-19(25-12-24-16)15-3-5-17(27-2)6-4-15/h3-10,12,14H,11,13H2,1-2H3,(H,23,26). The third-order valence-electron chi connectivity index (χ3n) is 4.58. The number of aromatic nitrogens is 2. The predicted octanol–water partition coefficient (Wildman–Crippen LogP) is 2.96. The Bertz CT molecular complexity index is 1040. The summed E-state index contributed by atoms with van der Waals surface area (Å²) in [5.74, 6) is 2.32. The van der Waals surface area contributed by atoms with Crippen molar-refractivity contribution in [3.63, 3.8) is 0 Å². The first kappa shape index (κ1) is 19.5. The molecule has 0 spiro atoms. The van der Waals surface area contributed by atoms with Gasteiger partial charge in [0.1, 0.15) is 17.8 Å². The fourth-order valence-electron chi connectivity index (χ4n) is 2.94. The normalized spacial score (nSPS) is 12.9. The van der Waals surface area contributed by atoms with Crippen LogP contribution in [0.2, 0.25) is 0 Å². The monoisotopic (exact) mass is 407 g/mol. The van der Waals surface area contributed by atoms with Gasteiger partial charge in [0.15, 0.2) is 17.6 Å². The summed E-state index contributed by atoms with van der Waals surface area (Å²) in [5, 5.41) is 2.84. The number of amides is 1. The van der Waals surface area contributed by atoms with E-state index in [4.69, 9.17) is 18.9 Å². The lowest BCUT2D eigenvalue weighted by atomic mass is 10.1. The largest absolute Gasteiger partial charge is 0.497 e. The van der Waals surface area contributed by atoms with Crippen molar-refractivity contribution in [3.05, 3.63) is 60.6 Å². The van der Waals surface area contributed by atoms with E-state index in [0.717, 1.165) is 17.0 Å². The van der Waals surface area contributed by atoms with E-state index in [9.17, 15) is 4.79 Å². The van der Waals surface area contributed by atoms with Crippen molar-refractivity contribution in [3.8, 4) is 34.3 Å². The molecule has 0 aliphatic carbocycles. The highest BCUT2D eigenvalue weighted by Gasteiger charge is 2.18. The van der Waals surface area contributed by atoms with Crippen LogP contribution in [-0.2, 0) is 11.3 Å². The van der Waals surface area contributed by atoms with Crippen LogP contribution in [0, 0.1) is 0 Å². The van der Waals surface area contributed by atoms with Crippen molar-refractivity contribution in [2.24, 2.45) is 0 Å². The van der Waals surface area contributed by atoms with Gasteiger partial charge in [-0.05, 0) is 49.4 Å². The summed E-state index contributed by atoms with van der Waals surface area (Å²) in [7, 11) is 1.62. The smallest absolute Gasteiger partial charge is 0.261 e. The molecule has 1 amide bonds. The SMILES string of the molecule is COc1ccc(-c2cc(CNC(=O)C(C)Oc3ccc4c(c3)OCO4)ncn2)cc1. The fourth-order valence-corrected chi connectivity index (χ4v) is 2.94. The molecule has 1 N–H and O–H groups in total. The summed E-state index contributed by atoms with van der Waals surface area (Å²) < 4.78 is 21.5. The van der Waals surface area contributed by atoms with E-state index in [2.05, 4.69) is 15.3 Å². The summed E-state index contributed by atoms with van der Waals surface area (Å²) in [4.78, 5) is 21.0. The lowest BCUT2D eigenvalue weighted by Crippen LogP contribution is -2.36. The van der Waals surface area contributed by atoms with Gasteiger partial charge in [0.2, 0.25) is 6.79 Å². The van der Waals surface area contributed by atoms with Crippen LogP contribution in [0.1, 0.15) is 12.6 Å². The molecule has 4 rings (SSSR count). The van der Waals surface area contributed by atoms with Gasteiger partial charge in [-0.15, -0.1) is 0 Å². The number of carbonyl (C=O) groups is 1. The van der Waals surface area contributed by atoms with Crippen LogP contribution in [0.4, 0.5) is 0 Å². The number of hydrogen-bond donors (Lipinski definition) is 1. The van der Waals surface area contributed by atoms with Gasteiger partial charge in [0.25, 0.3) is 5.91 Å². The van der Waals surface area contributed by atoms with Crippen LogP contribution in [0.3, 0.4) is 0 Å². The number of methoxy groups -OCH3 is 1. The van der Waals surface area contributed by atoms with E-state index in [-0.39, 0.29) is 19.2 Å². The molecular formula is C22H21N3O5. The van der Waals surface area contributed by atoms with Crippen LogP contribution >= 0.6 is 0 Å². The van der Waals surface area contributed by atoms with Crippen molar-refractivity contribution in [1.29, 1.82) is 0 Å². The molecule has 1 atom stereocenters. The van der Waals surface area contributed by atoms with Crippen molar-refractivity contribution < 1.29 is 23.7 Å². The molecule has 1 aliphatic rings. The molecule has 154 valence electrons. The molecule has 8 heteroatoms. The molecule has 1 unspecified atom stereocenters. The highest BCUT2D eigenvalue weighted by atomic mass is 16.7. The van der Waals surface area contributed by atoms with Crippen LogP contribution in [0.5, 0.6) is 23.0 Å². The molecule has 0 saturated carbocycles. The van der Waals surface area contributed by atoms with E-state index in [1.54, 1.807) is 32.2 Å². The first-order valence-electron chi connectivity index (χ1n) is 9.42. The van der Waals surface area contributed by atoms with Gasteiger partial charge in [0, 0.05) is 11.6 Å². The Morgan fingerprint density at radius 1 is 1.07 bits per heavy atom. The number of ether oxygens (including phenoxy) is 4. The van der Waals surface area contributed by atoms with Gasteiger partial charge in [-0.1, -0.05) is 0 Å². The Morgan fingerprint density at radius 2 is 1.83 bits per heavy atom. The third-order valence-corrected chi connectivity index (χ3v) is 4.58. The molecule has 1 aliphatic heterocycles. The van der Waals surface area contributed by atoms with Gasteiger partial charge in [-0.25, -0.2) is 9.97 Å². The van der Waals surface area contributed by atoms with Gasteiger partial charge < -0.3 is 24.3 Å². The van der Waals surface area contributed by atoms with E-state index in [0.29, 0.717) is 22.9 Å². The number of rotatable bonds is 7. The van der Waals surface area contributed by atoms with Gasteiger partial charge in [0.05, 0.1) is 25.0 Å². The maximum Gasteiger partial charge on any atom is 0.261 e. The topological polar surface area (TPSA) is 91.8 Å². The Morgan fingerprint density at radius 3 is 2.63 bits per heavy atom. The Labute approximate surface area is 173 Å². The minimum atomic E-state index is -0.687. The van der Waals surface area contributed by atoms with Crippen LogP contribution in [0.15, 0.2) is 54.9 Å². The second-order valence-corrected chi connectivity index (χ2v) is 6.62. The van der Waals surface area contributed by atoms with Crippen LogP contribution < -0.4 is 24.3 Å². The maximum atomic E-state index is 12.4. The van der Waals surface area contributed by atoms with Crippen molar-refractivity contribution in [2.75, 3.05) is 13.9 Å². The van der Waals surface area contributed by atoms with Crippen LogP contribution in [-0.4, -0.2) is 35.9 Å². The Kier molecular flexibility index (Phi) is 5.65. The lowest BCUT2D eigenvalue weighted by molar-refractivity contribution is -0.127. The van der Waals surface area contributed by atoms with Gasteiger partial charge >= 0.3 is 0 Å². The number of hydrogen-bond acceptors (Lipinski definition) is 7. The molecule has 2 aromatic carbocycles. The van der Waals surface area contributed by atoms with Crippen molar-refractivity contribution >= 4 is 5.91 Å². The highest BCUT2D eigenvalue weighted by Crippen LogP contribution is 2.35. The summed E-state index contributed by atoms with van der Waals surface area (Å²) >= 11 is 0. The zero-order chi connectivity index (χ0) is 20.9. The van der Waals surface area contributed by atoms with E-state index in [1.807, 2.05) is 30.3 Å². The van der Waals surface area contributed by atoms with E-state index >= 15 is 0 Å². The number of carbonyl (C=O) groups excluding carboxylic acids is 1. The highest BCUT2D eigenvalue weighted by molar-refractivity contribution is 5.80. The zero-order valence-electron chi connectivity index (χ0n) is 16.6. The molecule has 0 saturated heterocycles. The quantitative estimate of drug-likeness (QED) is 0.644. The molecule has 3 aromatic rings. The van der Waals surface area contributed by atoms with Crippen molar-refractivity contribution in [1.82, 2.24) is 15.3 Å². The Hall–Kier alpha value is -3.81. The molecule has 0 bridgehead atoms. The fraction of sp³-hybridized carbons (Fsp3) is 0.227. The molecule has 1 aromatic heterocycles. The summed E-state index contributed by atoms with van der Waals surface area (Å²) in [6, 6.07) is 14.6. The molecule has 0 fully saturated rings. The van der Waals surface area contributed by atoms with E-state index in [1.165, 1.54) is 6.33 Å². The van der Waals surface area contributed by atoms with Crippen molar-refractivity contribution in [2.45, 2.75) is 19.6 Å². The number of fused-ring (bicyclic) bond motifs is 1. The maximum absolute atomic E-state index is 12.4. The average Bonchev–Trinajstić information content (AvgIpc) is 3.25. The molecule has 30 heavy (non-hydrogen) atoms. The summed E-state index contributed by atoms with van der Waals surface area (Å²) in [5.41, 5.74) is 2.39. The average molecular weight is 407 g/mol. The number of benzene rings is 2. The summed E-state index contributed by atoms with van der Waals surface area (Å²) in [6.07, 6.45) is 0.793. The lowest BCUT2D eigenvalue weighted by Gasteiger charge is -2.15. The first-order chi connectivity index (χ1) is 14.6. The predicted molar refractivity (Wildman–Crippen MR) is 109 cm³/mol. The molecule has 2 heterocycles. The third kappa shape index (κ3) is 4.43. The number of nitrogens with zero attached hydrogens (tertiary/aromatic N) is 2. The minimum Gasteiger partial charge on any atom is -0.497 e. The molecular weight excluding hydrogens is 386 g/mol. The number of nitrogens with one attached hydrogen (secondary N) is 1. The minimum absolute atomic E-state index is 0.187.